The highest BCUT2D eigenvalue weighted by Crippen LogP contribution is 2.11. The van der Waals surface area contributed by atoms with Crippen molar-refractivity contribution in [2.24, 2.45) is 0 Å². The van der Waals surface area contributed by atoms with Gasteiger partial charge in [-0.05, 0) is 25.5 Å². The highest BCUT2D eigenvalue weighted by molar-refractivity contribution is 7.79. The zero-order valence-electron chi connectivity index (χ0n) is 10.8. The highest BCUT2D eigenvalue weighted by atomic mass is 32.3. The minimum absolute atomic E-state index is 0.337. The Kier molecular flexibility index (Phi) is 5.19. The van der Waals surface area contributed by atoms with Gasteiger partial charge >= 0.3 is 16.4 Å². The van der Waals surface area contributed by atoms with Gasteiger partial charge in [0, 0.05) is 6.20 Å². The summed E-state index contributed by atoms with van der Waals surface area (Å²) in [5.41, 5.74) is 2.30. The summed E-state index contributed by atoms with van der Waals surface area (Å²) in [6.45, 7) is 4.11. The van der Waals surface area contributed by atoms with Gasteiger partial charge in [0.05, 0.1) is 12.8 Å². The van der Waals surface area contributed by atoms with Gasteiger partial charge in [-0.2, -0.15) is 8.42 Å². The Labute approximate surface area is 115 Å². The second-order valence-electron chi connectivity index (χ2n) is 3.70. The van der Waals surface area contributed by atoms with Crippen molar-refractivity contribution in [3.05, 3.63) is 35.8 Å². The number of carbonyl (C=O) groups excluding carboxylic acids is 1. The summed E-state index contributed by atoms with van der Waals surface area (Å²) >= 11 is 0. The van der Waals surface area contributed by atoms with E-state index in [0.29, 0.717) is 12.3 Å². The lowest BCUT2D eigenvalue weighted by atomic mass is 10.3. The predicted molar refractivity (Wildman–Crippen MR) is 70.1 cm³/mol. The van der Waals surface area contributed by atoms with Crippen molar-refractivity contribution in [2.45, 2.75) is 13.8 Å². The molecule has 0 aliphatic carbocycles. The lowest BCUT2D eigenvalue weighted by molar-refractivity contribution is 0.0518. The molecule has 2 N–H and O–H groups in total. The normalized spacial score (nSPS) is 10.8. The van der Waals surface area contributed by atoms with Gasteiger partial charge in [-0.25, -0.2) is 9.78 Å². The Bertz CT molecular complexity index is 699. The second-order valence-corrected chi connectivity index (χ2v) is 4.59. The van der Waals surface area contributed by atoms with Crippen LogP contribution in [0.4, 0.5) is 0 Å². The fourth-order valence-corrected chi connectivity index (χ4v) is 1.51. The zero-order chi connectivity index (χ0) is 15.3. The lowest BCUT2D eigenvalue weighted by Gasteiger charge is -2.02. The number of aryl methyl sites for hydroxylation is 1. The number of hydrogen-bond acceptors (Lipinski definition) is 5. The number of rotatable bonds is 2. The van der Waals surface area contributed by atoms with E-state index in [1.807, 2.05) is 25.3 Å². The van der Waals surface area contributed by atoms with E-state index in [0.717, 1.165) is 11.2 Å². The Hall–Kier alpha value is -1.97. The fraction of sp³-hybridized carbons (Fsp3) is 0.273. The molecule has 110 valence electrons. The van der Waals surface area contributed by atoms with Crippen LogP contribution in [0.5, 0.6) is 0 Å². The first-order chi connectivity index (χ1) is 9.24. The molecular weight excluding hydrogens is 288 g/mol. The van der Waals surface area contributed by atoms with E-state index in [4.69, 9.17) is 22.3 Å². The molecule has 0 bridgehead atoms. The van der Waals surface area contributed by atoms with Gasteiger partial charge in [-0.3, -0.25) is 13.5 Å². The van der Waals surface area contributed by atoms with Crippen LogP contribution in [0, 0.1) is 6.92 Å². The summed E-state index contributed by atoms with van der Waals surface area (Å²) in [6, 6.07) is 3.84. The summed E-state index contributed by atoms with van der Waals surface area (Å²) in [5.74, 6) is -0.337. The van der Waals surface area contributed by atoms with Crippen LogP contribution in [-0.4, -0.2) is 39.5 Å². The maximum absolute atomic E-state index is 11.5. The summed E-state index contributed by atoms with van der Waals surface area (Å²) < 4.78 is 38.3. The number of carbonyl (C=O) groups is 1. The molecule has 9 heteroatoms. The van der Waals surface area contributed by atoms with E-state index in [-0.39, 0.29) is 5.97 Å². The van der Waals surface area contributed by atoms with Gasteiger partial charge in [0.25, 0.3) is 0 Å². The van der Waals surface area contributed by atoms with Crippen LogP contribution in [-0.2, 0) is 15.1 Å². The van der Waals surface area contributed by atoms with Gasteiger partial charge in [0.15, 0.2) is 5.69 Å². The van der Waals surface area contributed by atoms with E-state index in [9.17, 15) is 4.79 Å². The molecule has 2 rings (SSSR count). The zero-order valence-corrected chi connectivity index (χ0v) is 11.7. The number of nitrogens with zero attached hydrogens (tertiary/aromatic N) is 2. The molecule has 2 aromatic heterocycles. The number of fused-ring (bicyclic) bond motifs is 1. The van der Waals surface area contributed by atoms with Gasteiger partial charge in [-0.15, -0.1) is 0 Å². The molecular formula is C11H14N2O6S. The fourth-order valence-electron chi connectivity index (χ4n) is 1.51. The van der Waals surface area contributed by atoms with Crippen molar-refractivity contribution >= 4 is 22.0 Å². The quantitative estimate of drug-likeness (QED) is 0.631. The minimum atomic E-state index is -4.67. The summed E-state index contributed by atoms with van der Waals surface area (Å²) in [4.78, 5) is 15.7. The average Bonchev–Trinajstić information content (AvgIpc) is 2.72. The van der Waals surface area contributed by atoms with E-state index in [1.165, 1.54) is 0 Å². The monoisotopic (exact) mass is 302 g/mol. The molecule has 0 saturated carbocycles. The Morgan fingerprint density at radius 2 is 2.05 bits per heavy atom. The molecule has 0 aliphatic heterocycles. The standard InChI is InChI=1S/C11H12N2O2.H2O4S/c1-3-15-11(14)9-7-12-10-8(2)5-4-6-13(9)10;1-5(2,3)4/h4-7H,3H2,1-2H3;(H2,1,2,3,4). The summed E-state index contributed by atoms with van der Waals surface area (Å²) in [6.07, 6.45) is 3.35. The van der Waals surface area contributed by atoms with Crippen molar-refractivity contribution < 1.29 is 27.1 Å². The maximum Gasteiger partial charge on any atom is 0.394 e. The molecule has 0 fully saturated rings. The van der Waals surface area contributed by atoms with E-state index < -0.39 is 10.4 Å². The number of aromatic nitrogens is 2. The molecule has 0 spiro atoms. The third kappa shape index (κ3) is 4.61. The predicted octanol–water partition coefficient (Wildman–Crippen LogP) is 1.17. The molecule has 0 radical (unpaired) electrons. The molecule has 0 amide bonds. The van der Waals surface area contributed by atoms with Crippen molar-refractivity contribution in [3.8, 4) is 0 Å². The smallest absolute Gasteiger partial charge is 0.394 e. The molecule has 0 aliphatic rings. The highest BCUT2D eigenvalue weighted by Gasteiger charge is 2.13. The van der Waals surface area contributed by atoms with Crippen LogP contribution in [0.15, 0.2) is 24.5 Å². The molecule has 0 aromatic carbocycles. The average molecular weight is 302 g/mol. The van der Waals surface area contributed by atoms with Crippen molar-refractivity contribution in [1.82, 2.24) is 9.38 Å². The Morgan fingerprint density at radius 1 is 1.45 bits per heavy atom. The van der Waals surface area contributed by atoms with E-state index in [2.05, 4.69) is 4.98 Å². The maximum atomic E-state index is 11.5. The molecule has 2 heterocycles. The van der Waals surface area contributed by atoms with Crippen LogP contribution in [0.1, 0.15) is 23.0 Å². The summed E-state index contributed by atoms with van der Waals surface area (Å²) in [7, 11) is -4.67. The SMILES string of the molecule is CCOC(=O)c1cnc2c(C)cccn12.O=S(=O)(O)O. The molecule has 0 unspecified atom stereocenters. The lowest BCUT2D eigenvalue weighted by Crippen LogP contribution is -2.07. The molecule has 0 atom stereocenters. The number of imidazole rings is 1. The third-order valence-electron chi connectivity index (χ3n) is 2.22. The Morgan fingerprint density at radius 3 is 2.60 bits per heavy atom. The number of hydrogen-bond donors (Lipinski definition) is 2. The van der Waals surface area contributed by atoms with Gasteiger partial charge in [0.2, 0.25) is 0 Å². The molecule has 2 aromatic rings. The van der Waals surface area contributed by atoms with Crippen molar-refractivity contribution in [3.63, 3.8) is 0 Å². The van der Waals surface area contributed by atoms with Crippen molar-refractivity contribution in [1.29, 1.82) is 0 Å². The van der Waals surface area contributed by atoms with Crippen LogP contribution < -0.4 is 0 Å². The molecule has 0 saturated heterocycles. The van der Waals surface area contributed by atoms with E-state index >= 15 is 0 Å². The van der Waals surface area contributed by atoms with Crippen molar-refractivity contribution in [2.75, 3.05) is 6.61 Å². The minimum Gasteiger partial charge on any atom is -0.461 e. The third-order valence-corrected chi connectivity index (χ3v) is 2.22. The number of esters is 1. The van der Waals surface area contributed by atoms with Crippen LogP contribution in [0.2, 0.25) is 0 Å². The first-order valence-corrected chi connectivity index (χ1v) is 6.93. The van der Waals surface area contributed by atoms with Gasteiger partial charge in [0.1, 0.15) is 5.65 Å². The van der Waals surface area contributed by atoms with Gasteiger partial charge in [-0.1, -0.05) is 6.07 Å². The molecule has 8 nitrogen and oxygen atoms in total. The topological polar surface area (TPSA) is 118 Å². The van der Waals surface area contributed by atoms with Crippen LogP contribution >= 0.6 is 0 Å². The van der Waals surface area contributed by atoms with E-state index in [1.54, 1.807) is 17.5 Å². The Balaban J connectivity index is 0.000000347. The second kappa shape index (κ2) is 6.46. The largest absolute Gasteiger partial charge is 0.461 e. The van der Waals surface area contributed by atoms with Gasteiger partial charge < -0.3 is 4.74 Å². The number of ether oxygens (including phenoxy) is 1. The number of pyridine rings is 1. The first kappa shape index (κ1) is 16.1. The first-order valence-electron chi connectivity index (χ1n) is 5.53. The summed E-state index contributed by atoms with van der Waals surface area (Å²) in [5, 5.41) is 0. The van der Waals surface area contributed by atoms with Crippen LogP contribution in [0.25, 0.3) is 5.65 Å². The molecule has 20 heavy (non-hydrogen) atoms. The van der Waals surface area contributed by atoms with Crippen LogP contribution in [0.3, 0.4) is 0 Å².